The summed E-state index contributed by atoms with van der Waals surface area (Å²) in [6, 6.07) is 6.58. The van der Waals surface area contributed by atoms with Gasteiger partial charge in [0.25, 0.3) is 0 Å². The molecule has 20 heavy (non-hydrogen) atoms. The number of nitrogens with two attached hydrogens (primary N) is 1. The predicted octanol–water partition coefficient (Wildman–Crippen LogP) is 0.292. The molecule has 0 unspecified atom stereocenters. The number of amides is 1. The van der Waals surface area contributed by atoms with E-state index in [1.807, 2.05) is 6.92 Å². The fourth-order valence-electron chi connectivity index (χ4n) is 1.84. The minimum Gasteiger partial charge on any atom is -0.358 e. The molecule has 6 nitrogen and oxygen atoms in total. The molecule has 3 N–H and O–H groups in total. The summed E-state index contributed by atoms with van der Waals surface area (Å²) in [6.45, 7) is 2.09. The third kappa shape index (κ3) is 3.78. The third-order valence-electron chi connectivity index (χ3n) is 2.88. The molecule has 1 amide bonds. The van der Waals surface area contributed by atoms with Gasteiger partial charge in [0.2, 0.25) is 15.9 Å². The average molecular weight is 299 g/mol. The van der Waals surface area contributed by atoms with Crippen molar-refractivity contribution >= 4 is 15.9 Å². The van der Waals surface area contributed by atoms with Crippen LogP contribution in [0.25, 0.3) is 0 Å². The first-order chi connectivity index (χ1) is 9.47. The molecule has 0 atom stereocenters. The van der Waals surface area contributed by atoms with Gasteiger partial charge in [0, 0.05) is 20.1 Å². The molecule has 0 aromatic heterocycles. The van der Waals surface area contributed by atoms with Gasteiger partial charge in [-0.3, -0.25) is 4.79 Å². The van der Waals surface area contributed by atoms with E-state index in [0.717, 1.165) is 0 Å². The van der Waals surface area contributed by atoms with Crippen LogP contribution in [-0.4, -0.2) is 38.8 Å². The number of likely N-dealkylation sites (N-methyl/N-ethyl adjacent to an activating group) is 1. The summed E-state index contributed by atoms with van der Waals surface area (Å²) in [6.07, 6.45) is 0.626. The number of carbonyl (C=O) groups excluding carboxylic acids is 1. The van der Waals surface area contributed by atoms with Crippen molar-refractivity contribution in [1.29, 1.82) is 0 Å². The molecule has 1 aromatic carbocycles. The van der Waals surface area contributed by atoms with Gasteiger partial charge in [-0.05, 0) is 18.1 Å². The molecule has 1 rings (SSSR count). The Morgan fingerprint density at radius 2 is 2.00 bits per heavy atom. The van der Waals surface area contributed by atoms with E-state index in [9.17, 15) is 13.2 Å². The van der Waals surface area contributed by atoms with E-state index in [2.05, 4.69) is 5.32 Å². The second-order valence-corrected chi connectivity index (χ2v) is 6.23. The number of sulfonamides is 1. The summed E-state index contributed by atoms with van der Waals surface area (Å²) in [7, 11) is -2.24. The lowest BCUT2D eigenvalue weighted by Gasteiger charge is -2.22. The molecule has 0 radical (unpaired) electrons. The first-order valence-electron chi connectivity index (χ1n) is 6.46. The van der Waals surface area contributed by atoms with E-state index in [4.69, 9.17) is 5.73 Å². The van der Waals surface area contributed by atoms with Crippen molar-refractivity contribution in [3.05, 3.63) is 29.8 Å². The van der Waals surface area contributed by atoms with E-state index in [1.54, 1.807) is 18.2 Å². The quantitative estimate of drug-likeness (QED) is 0.757. The standard InChI is InChI=1S/C13H21N3O3S/c1-3-8-16(10-13(17)15-2)20(18,19)12-7-5-4-6-11(12)9-14/h4-7H,3,8-10,14H2,1-2H3,(H,15,17). The number of nitrogens with one attached hydrogen (secondary N) is 1. The number of benzene rings is 1. The van der Waals surface area contributed by atoms with Crippen LogP contribution in [0.15, 0.2) is 29.2 Å². The van der Waals surface area contributed by atoms with Gasteiger partial charge in [0.05, 0.1) is 11.4 Å². The molecular formula is C13H21N3O3S. The summed E-state index contributed by atoms with van der Waals surface area (Å²) >= 11 is 0. The van der Waals surface area contributed by atoms with Gasteiger partial charge < -0.3 is 11.1 Å². The zero-order valence-electron chi connectivity index (χ0n) is 11.8. The molecule has 7 heteroatoms. The molecule has 1 aromatic rings. The number of hydrogen-bond donors (Lipinski definition) is 2. The van der Waals surface area contributed by atoms with E-state index in [0.29, 0.717) is 12.0 Å². The normalized spacial score (nSPS) is 11.6. The molecule has 0 saturated heterocycles. The minimum atomic E-state index is -3.72. The van der Waals surface area contributed by atoms with Crippen LogP contribution in [0.2, 0.25) is 0 Å². The molecular weight excluding hydrogens is 278 g/mol. The highest BCUT2D eigenvalue weighted by atomic mass is 32.2. The predicted molar refractivity (Wildman–Crippen MR) is 77.4 cm³/mol. The number of hydrogen-bond acceptors (Lipinski definition) is 4. The summed E-state index contributed by atoms with van der Waals surface area (Å²) in [5.74, 6) is -0.341. The molecule has 0 bridgehead atoms. The summed E-state index contributed by atoms with van der Waals surface area (Å²) in [5, 5.41) is 2.44. The maximum Gasteiger partial charge on any atom is 0.243 e. The first-order valence-corrected chi connectivity index (χ1v) is 7.90. The smallest absolute Gasteiger partial charge is 0.243 e. The Morgan fingerprint density at radius 3 is 2.55 bits per heavy atom. The molecule has 0 saturated carbocycles. The summed E-state index contributed by atoms with van der Waals surface area (Å²) in [5.41, 5.74) is 6.13. The Bertz CT molecular complexity index is 558. The maximum absolute atomic E-state index is 12.6. The molecule has 0 heterocycles. The van der Waals surface area contributed by atoms with Crippen LogP contribution in [0.4, 0.5) is 0 Å². The lowest BCUT2D eigenvalue weighted by Crippen LogP contribution is -2.40. The van der Waals surface area contributed by atoms with Gasteiger partial charge in [-0.15, -0.1) is 0 Å². The van der Waals surface area contributed by atoms with Crippen molar-refractivity contribution < 1.29 is 13.2 Å². The number of carbonyl (C=O) groups is 1. The summed E-state index contributed by atoms with van der Waals surface area (Å²) in [4.78, 5) is 11.7. The zero-order valence-corrected chi connectivity index (χ0v) is 12.6. The fraction of sp³-hybridized carbons (Fsp3) is 0.462. The van der Waals surface area contributed by atoms with Crippen molar-refractivity contribution in [3.8, 4) is 0 Å². The minimum absolute atomic E-state index is 0.134. The highest BCUT2D eigenvalue weighted by molar-refractivity contribution is 7.89. The third-order valence-corrected chi connectivity index (χ3v) is 4.83. The Labute approximate surface area is 120 Å². The molecule has 0 spiro atoms. The van der Waals surface area contributed by atoms with Gasteiger partial charge >= 0.3 is 0 Å². The van der Waals surface area contributed by atoms with Gasteiger partial charge in [-0.25, -0.2) is 8.42 Å². The lowest BCUT2D eigenvalue weighted by molar-refractivity contribution is -0.120. The van der Waals surface area contributed by atoms with Crippen LogP contribution in [-0.2, 0) is 21.4 Å². The highest BCUT2D eigenvalue weighted by Gasteiger charge is 2.27. The Morgan fingerprint density at radius 1 is 1.35 bits per heavy atom. The number of rotatable bonds is 7. The second kappa shape index (κ2) is 7.37. The van der Waals surface area contributed by atoms with Crippen molar-refractivity contribution in [2.75, 3.05) is 20.1 Å². The Kier molecular flexibility index (Phi) is 6.12. The fourth-order valence-corrected chi connectivity index (χ4v) is 3.56. The van der Waals surface area contributed by atoms with E-state index in [-0.39, 0.29) is 30.4 Å². The monoisotopic (exact) mass is 299 g/mol. The molecule has 0 aliphatic heterocycles. The molecule has 112 valence electrons. The molecule has 0 fully saturated rings. The Hall–Kier alpha value is -1.44. The van der Waals surface area contributed by atoms with Crippen LogP contribution in [0.3, 0.4) is 0 Å². The van der Waals surface area contributed by atoms with E-state index in [1.165, 1.54) is 17.4 Å². The number of nitrogens with zero attached hydrogens (tertiary/aromatic N) is 1. The molecule has 0 aliphatic rings. The van der Waals surface area contributed by atoms with E-state index < -0.39 is 10.0 Å². The van der Waals surface area contributed by atoms with Gasteiger partial charge in [-0.1, -0.05) is 25.1 Å². The van der Waals surface area contributed by atoms with E-state index >= 15 is 0 Å². The average Bonchev–Trinajstić information content (AvgIpc) is 2.46. The van der Waals surface area contributed by atoms with Crippen LogP contribution in [0.1, 0.15) is 18.9 Å². The van der Waals surface area contributed by atoms with Crippen LogP contribution < -0.4 is 11.1 Å². The SMILES string of the molecule is CCCN(CC(=O)NC)S(=O)(=O)c1ccccc1CN. The van der Waals surface area contributed by atoms with Crippen molar-refractivity contribution in [3.63, 3.8) is 0 Å². The summed E-state index contributed by atoms with van der Waals surface area (Å²) < 4.78 is 26.5. The lowest BCUT2D eigenvalue weighted by atomic mass is 10.2. The molecule has 0 aliphatic carbocycles. The highest BCUT2D eigenvalue weighted by Crippen LogP contribution is 2.20. The van der Waals surface area contributed by atoms with Crippen LogP contribution in [0, 0.1) is 0 Å². The van der Waals surface area contributed by atoms with Crippen LogP contribution >= 0.6 is 0 Å². The zero-order chi connectivity index (χ0) is 15.2. The van der Waals surface area contributed by atoms with Gasteiger partial charge in [0.15, 0.2) is 0 Å². The van der Waals surface area contributed by atoms with Gasteiger partial charge in [-0.2, -0.15) is 4.31 Å². The maximum atomic E-state index is 12.6. The van der Waals surface area contributed by atoms with Crippen molar-refractivity contribution in [1.82, 2.24) is 9.62 Å². The van der Waals surface area contributed by atoms with Crippen molar-refractivity contribution in [2.45, 2.75) is 24.8 Å². The largest absolute Gasteiger partial charge is 0.358 e. The van der Waals surface area contributed by atoms with Gasteiger partial charge in [0.1, 0.15) is 0 Å². The topological polar surface area (TPSA) is 92.5 Å². The van der Waals surface area contributed by atoms with Crippen LogP contribution in [0.5, 0.6) is 0 Å². The second-order valence-electron chi connectivity index (χ2n) is 4.32. The first kappa shape index (κ1) is 16.6. The van der Waals surface area contributed by atoms with Crippen molar-refractivity contribution in [2.24, 2.45) is 5.73 Å². The Balaban J connectivity index is 3.18.